The minimum absolute atomic E-state index is 0.00782. The summed E-state index contributed by atoms with van der Waals surface area (Å²) in [5, 5.41) is 29.2. The minimum Gasteiger partial charge on any atom is -0.379 e. The number of aliphatic hydroxyl groups is 2. The average molecular weight is 389 g/mol. The van der Waals surface area contributed by atoms with Gasteiger partial charge >= 0.3 is 6.18 Å². The molecule has 2 saturated carbocycles. The van der Waals surface area contributed by atoms with Gasteiger partial charge in [0.05, 0.1) is 0 Å². The molecule has 2 fully saturated rings. The smallest absolute Gasteiger partial charge is 0.379 e. The normalized spacial score (nSPS) is 32.3. The molecule has 0 bridgehead atoms. The highest BCUT2D eigenvalue weighted by atomic mass is 19.4. The van der Waals surface area contributed by atoms with Crippen LogP contribution in [0, 0.1) is 23.7 Å². The molecule has 11 nitrogen and oxygen atoms in total. The zero-order valence-corrected chi connectivity index (χ0v) is 14.1. The van der Waals surface area contributed by atoms with Crippen molar-refractivity contribution in [1.82, 2.24) is 0 Å². The third-order valence-corrected chi connectivity index (χ3v) is 5.73. The minimum atomic E-state index is -5.08. The molecule has 2 N–H and O–H groups in total. The van der Waals surface area contributed by atoms with Crippen molar-refractivity contribution in [2.45, 2.75) is 56.3 Å². The fourth-order valence-electron chi connectivity index (χ4n) is 4.36. The molecule has 2 aliphatic rings. The molecule has 0 heterocycles. The number of hydrogen-bond acceptors (Lipinski definition) is 5. The van der Waals surface area contributed by atoms with Gasteiger partial charge in [-0.1, -0.05) is 10.2 Å². The van der Waals surface area contributed by atoms with Gasteiger partial charge in [-0.05, 0) is 78.0 Å². The highest BCUT2D eigenvalue weighted by Gasteiger charge is 2.60. The summed E-state index contributed by atoms with van der Waals surface area (Å²) in [5.41, 5.74) is 22.1. The maximum absolute atomic E-state index is 13.2. The van der Waals surface area contributed by atoms with Crippen LogP contribution in [0.2, 0.25) is 0 Å². The number of alkyl halides is 3. The number of halogens is 3. The fourth-order valence-corrected chi connectivity index (χ4v) is 4.36. The molecule has 2 aliphatic carbocycles. The Kier molecular flexibility index (Phi) is 5.98. The first-order chi connectivity index (χ1) is 12.6. The van der Waals surface area contributed by atoms with E-state index < -0.39 is 29.6 Å². The van der Waals surface area contributed by atoms with Gasteiger partial charge in [0, 0.05) is 20.7 Å². The van der Waals surface area contributed by atoms with Crippen LogP contribution < -0.4 is 0 Å². The van der Waals surface area contributed by atoms with Crippen molar-refractivity contribution in [1.29, 1.82) is 0 Å². The van der Waals surface area contributed by atoms with Gasteiger partial charge in [-0.25, -0.2) is 0 Å². The first-order valence-corrected chi connectivity index (χ1v) is 8.31. The van der Waals surface area contributed by atoms with Gasteiger partial charge in [-0.15, -0.1) is 0 Å². The summed E-state index contributed by atoms with van der Waals surface area (Å²) >= 11 is 0. The summed E-state index contributed by atoms with van der Waals surface area (Å²) in [4.78, 5) is 7.14. The second-order valence-electron chi connectivity index (χ2n) is 7.02. The van der Waals surface area contributed by atoms with E-state index in [1.807, 2.05) is 0 Å². The van der Waals surface area contributed by atoms with Crippen molar-refractivity contribution < 1.29 is 23.4 Å². The van der Waals surface area contributed by atoms with E-state index in [9.17, 15) is 23.4 Å². The Morgan fingerprint density at radius 2 is 1.19 bits per heavy atom. The van der Waals surface area contributed by atoms with E-state index in [1.165, 1.54) is 0 Å². The largest absolute Gasteiger partial charge is 0.423 e. The summed E-state index contributed by atoms with van der Waals surface area (Å²) in [6.45, 7) is 0. The third-order valence-electron chi connectivity index (χ3n) is 5.73. The van der Waals surface area contributed by atoms with Crippen LogP contribution in [-0.4, -0.2) is 28.0 Å². The van der Waals surface area contributed by atoms with Crippen molar-refractivity contribution in [2.75, 3.05) is 0 Å². The Labute approximate surface area is 151 Å². The molecule has 27 heavy (non-hydrogen) atoms. The summed E-state index contributed by atoms with van der Waals surface area (Å²) < 4.78 is 39.6. The molecule has 0 amide bonds. The van der Waals surface area contributed by atoms with E-state index in [-0.39, 0.29) is 24.7 Å². The van der Waals surface area contributed by atoms with Gasteiger partial charge in [-0.3, -0.25) is 0 Å². The maximum Gasteiger partial charge on any atom is 0.423 e. The summed E-state index contributed by atoms with van der Waals surface area (Å²) in [6.07, 6.45) is -3.43. The van der Waals surface area contributed by atoms with Gasteiger partial charge in [0.15, 0.2) is 0 Å². The Balaban J connectivity index is 2.11. The molecule has 5 unspecified atom stereocenters. The molecule has 5 atom stereocenters. The lowest BCUT2D eigenvalue weighted by Gasteiger charge is -2.31. The molecule has 14 heteroatoms. The average Bonchev–Trinajstić information content (AvgIpc) is 3.24. The molecular weight excluding hydrogens is 371 g/mol. The lowest BCUT2D eigenvalue weighted by Crippen LogP contribution is -2.48. The van der Waals surface area contributed by atoms with Crippen LogP contribution in [0.1, 0.15) is 38.5 Å². The highest BCUT2D eigenvalue weighted by molar-refractivity contribution is 4.99. The molecule has 0 spiro atoms. The van der Waals surface area contributed by atoms with Crippen LogP contribution in [0.5, 0.6) is 0 Å². The first kappa shape index (κ1) is 20.9. The summed E-state index contributed by atoms with van der Waals surface area (Å²) in [5.74, 6) is -4.45. The molecule has 2 rings (SSSR count). The van der Waals surface area contributed by atoms with Gasteiger partial charge in [-0.2, -0.15) is 13.2 Å². The monoisotopic (exact) mass is 389 g/mol. The van der Waals surface area contributed by atoms with Gasteiger partial charge < -0.3 is 10.2 Å². The Morgan fingerprint density at radius 1 is 0.741 bits per heavy atom. The van der Waals surface area contributed by atoms with E-state index in [1.54, 1.807) is 0 Å². The number of hydrogen-bond donors (Lipinski definition) is 2. The van der Waals surface area contributed by atoms with Crippen LogP contribution in [0.25, 0.3) is 31.3 Å². The lowest BCUT2D eigenvalue weighted by atomic mass is 9.85. The van der Waals surface area contributed by atoms with E-state index in [0.717, 1.165) is 0 Å². The van der Waals surface area contributed by atoms with Gasteiger partial charge in [0.2, 0.25) is 11.6 Å². The predicted molar refractivity (Wildman–Crippen MR) is 85.1 cm³/mol. The molecule has 0 radical (unpaired) electrons. The molecule has 0 aromatic heterocycles. The topological polar surface area (TPSA) is 187 Å². The molecule has 0 saturated heterocycles. The molecular formula is C13H18F3N9O2. The predicted octanol–water partition coefficient (Wildman–Crippen LogP) is 4.65. The SMILES string of the molecule is [N-]=[N+]=NC(O)(N=[N+]=[N-])C1CCC(C2CCC(C(O)(N=[N+]=[N-])C(F)(F)F)C2)C1. The lowest BCUT2D eigenvalue weighted by molar-refractivity contribution is -0.276. The highest BCUT2D eigenvalue weighted by Crippen LogP contribution is 2.52. The quantitative estimate of drug-likeness (QED) is 0.380. The fraction of sp³-hybridized carbons (Fsp3) is 1.00. The van der Waals surface area contributed by atoms with Crippen LogP contribution >= 0.6 is 0 Å². The molecule has 0 aliphatic heterocycles. The Morgan fingerprint density at radius 3 is 1.63 bits per heavy atom. The van der Waals surface area contributed by atoms with Crippen LogP contribution in [0.15, 0.2) is 15.3 Å². The Hall–Kier alpha value is -2.36. The van der Waals surface area contributed by atoms with Crippen molar-refractivity contribution in [3.05, 3.63) is 31.3 Å². The van der Waals surface area contributed by atoms with Crippen LogP contribution in [0.3, 0.4) is 0 Å². The van der Waals surface area contributed by atoms with Crippen LogP contribution in [0.4, 0.5) is 13.2 Å². The zero-order chi connectivity index (χ0) is 20.3. The number of azide groups is 2. The van der Waals surface area contributed by atoms with Crippen molar-refractivity contribution in [3.63, 3.8) is 0 Å². The molecule has 0 aromatic carbocycles. The second kappa shape index (κ2) is 7.71. The Bertz CT molecular complexity index is 694. The van der Waals surface area contributed by atoms with Crippen molar-refractivity contribution >= 4 is 0 Å². The van der Waals surface area contributed by atoms with E-state index >= 15 is 0 Å². The van der Waals surface area contributed by atoms with E-state index in [2.05, 4.69) is 30.1 Å². The summed E-state index contributed by atoms with van der Waals surface area (Å²) in [7, 11) is 0. The number of nitrogens with zero attached hydrogens (tertiary/aromatic N) is 9. The molecule has 0 aromatic rings. The van der Waals surface area contributed by atoms with Gasteiger partial charge in [0.1, 0.15) is 0 Å². The maximum atomic E-state index is 13.2. The second-order valence-corrected chi connectivity index (χ2v) is 7.02. The zero-order valence-electron chi connectivity index (χ0n) is 14.1. The first-order valence-electron chi connectivity index (χ1n) is 8.31. The van der Waals surface area contributed by atoms with Crippen LogP contribution in [-0.2, 0) is 0 Å². The standard InChI is InChI=1S/C13H18F3N9O2/c14-13(15,16)11(26,20-23-17)9-3-1-7(5-9)8-2-4-10(6-8)12(27,21-24-18)22-25-19/h7-10,26-27H,1-6H2. The van der Waals surface area contributed by atoms with E-state index in [4.69, 9.17) is 16.6 Å². The van der Waals surface area contributed by atoms with Crippen molar-refractivity contribution in [3.8, 4) is 0 Å². The number of rotatable bonds is 6. The third kappa shape index (κ3) is 4.00. The van der Waals surface area contributed by atoms with E-state index in [0.29, 0.717) is 25.7 Å². The molecule has 148 valence electrons. The van der Waals surface area contributed by atoms with Crippen molar-refractivity contribution in [2.24, 2.45) is 39.0 Å². The van der Waals surface area contributed by atoms with Gasteiger partial charge in [0.25, 0.3) is 0 Å². The summed E-state index contributed by atoms with van der Waals surface area (Å²) in [6, 6.07) is 0.